The number of carbonyl (C=O) groups is 1. The van der Waals surface area contributed by atoms with Crippen LogP contribution in [0.15, 0.2) is 18.3 Å². The van der Waals surface area contributed by atoms with Crippen molar-refractivity contribution in [2.24, 2.45) is 11.7 Å². The first-order valence-corrected chi connectivity index (χ1v) is 11.7. The van der Waals surface area contributed by atoms with E-state index in [1.165, 1.54) is 6.20 Å². The minimum Gasteiger partial charge on any atom is -0.391 e. The van der Waals surface area contributed by atoms with E-state index >= 15 is 0 Å². The molecule has 1 aromatic carbocycles. The number of nitrogens with two attached hydrogens (primary N) is 1. The molecule has 2 atom stereocenters. The monoisotopic (exact) mass is 489 g/mol. The zero-order valence-electron chi connectivity index (χ0n) is 18.8. The van der Waals surface area contributed by atoms with E-state index < -0.39 is 23.6 Å². The van der Waals surface area contributed by atoms with Crippen molar-refractivity contribution >= 4 is 34.7 Å². The molecule has 0 bridgehead atoms. The number of aliphatic hydroxyl groups excluding tert-OH is 1. The lowest BCUT2D eigenvalue weighted by molar-refractivity contribution is -0.122. The van der Waals surface area contributed by atoms with Gasteiger partial charge in [-0.1, -0.05) is 0 Å². The summed E-state index contributed by atoms with van der Waals surface area (Å²) in [5, 5.41) is 16.1. The molecule has 186 valence electrons. The fourth-order valence-electron chi connectivity index (χ4n) is 5.03. The predicted octanol–water partition coefficient (Wildman–Crippen LogP) is 3.53. The van der Waals surface area contributed by atoms with Gasteiger partial charge >= 0.3 is 0 Å². The molecule has 12 heteroatoms. The average Bonchev–Trinajstić information content (AvgIpc) is 3.41. The zero-order chi connectivity index (χ0) is 24.7. The van der Waals surface area contributed by atoms with Gasteiger partial charge in [-0.15, -0.1) is 0 Å². The first-order chi connectivity index (χ1) is 16.8. The summed E-state index contributed by atoms with van der Waals surface area (Å²) in [6.45, 7) is 0. The molecule has 0 radical (unpaired) electrons. The molecular weight excluding hydrogens is 463 g/mol. The van der Waals surface area contributed by atoms with E-state index in [1.54, 1.807) is 4.57 Å². The van der Waals surface area contributed by atoms with Crippen molar-refractivity contribution in [1.29, 1.82) is 0 Å². The number of aromatic nitrogens is 4. The Bertz CT molecular complexity index is 1260. The lowest BCUT2D eigenvalue weighted by Crippen LogP contribution is -2.29. The number of benzene rings is 1. The van der Waals surface area contributed by atoms with Crippen LogP contribution < -0.4 is 16.4 Å². The second-order valence-electron chi connectivity index (χ2n) is 9.21. The van der Waals surface area contributed by atoms with E-state index in [-0.39, 0.29) is 35.5 Å². The third-order valence-electron chi connectivity index (χ3n) is 6.97. The highest BCUT2D eigenvalue weighted by Crippen LogP contribution is 2.37. The lowest BCUT2D eigenvalue weighted by atomic mass is 9.85. The predicted molar refractivity (Wildman–Crippen MR) is 122 cm³/mol. The van der Waals surface area contributed by atoms with Crippen LogP contribution in [0, 0.1) is 23.4 Å². The van der Waals surface area contributed by atoms with Gasteiger partial charge < -0.3 is 21.5 Å². The largest absolute Gasteiger partial charge is 0.391 e. The van der Waals surface area contributed by atoms with Gasteiger partial charge in [0.15, 0.2) is 23.1 Å². The van der Waals surface area contributed by atoms with Gasteiger partial charge in [0.05, 0.1) is 24.0 Å². The molecule has 2 heterocycles. The number of amides is 1. The van der Waals surface area contributed by atoms with Gasteiger partial charge in [-0.2, -0.15) is 4.98 Å². The highest BCUT2D eigenvalue weighted by Gasteiger charge is 2.30. The number of hydrogen-bond donors (Lipinski definition) is 4. The van der Waals surface area contributed by atoms with Crippen molar-refractivity contribution in [3.8, 4) is 0 Å². The molecule has 0 saturated heterocycles. The van der Waals surface area contributed by atoms with Crippen molar-refractivity contribution in [1.82, 2.24) is 19.5 Å². The van der Waals surface area contributed by atoms with Crippen molar-refractivity contribution < 1.29 is 23.1 Å². The van der Waals surface area contributed by atoms with Crippen LogP contribution in [0.25, 0.3) is 11.2 Å². The topological polar surface area (TPSA) is 131 Å². The summed E-state index contributed by atoms with van der Waals surface area (Å²) in [7, 11) is 0. The molecular formula is C23H26F3N7O2. The number of imidazole rings is 1. The maximum Gasteiger partial charge on any atom is 0.225 e. The summed E-state index contributed by atoms with van der Waals surface area (Å²) >= 11 is 0. The number of nitrogens with zero attached hydrogens (tertiary/aromatic N) is 4. The summed E-state index contributed by atoms with van der Waals surface area (Å²) in [4.78, 5) is 25.1. The van der Waals surface area contributed by atoms with E-state index in [0.717, 1.165) is 25.0 Å². The van der Waals surface area contributed by atoms with E-state index in [9.17, 15) is 23.1 Å². The Hall–Kier alpha value is -3.41. The van der Waals surface area contributed by atoms with E-state index in [2.05, 4.69) is 25.6 Å². The van der Waals surface area contributed by atoms with Crippen LogP contribution in [0.3, 0.4) is 0 Å². The van der Waals surface area contributed by atoms with Crippen LogP contribution in [-0.2, 0) is 4.79 Å². The summed E-state index contributed by atoms with van der Waals surface area (Å²) in [6, 6.07) is 1.62. The second kappa shape index (κ2) is 9.33. The second-order valence-corrected chi connectivity index (χ2v) is 9.21. The molecule has 9 nitrogen and oxygen atoms in total. The standard InChI is InChI=1S/C23H26F3N7O2/c24-13-8-9-15(19(26)18(13)25)30-23-31-16-10-28-22(29-14-2-1-3-17(14)34)32-21(16)33(23)12-6-4-11(5-7-12)20(27)35/h8-12,14,17,34H,1-7H2,(H2,27,35)(H,30,31)(H,28,29,32)/t11-,12+,14-,17-/m1/s1. The number of anilines is 3. The van der Waals surface area contributed by atoms with E-state index in [4.69, 9.17) is 5.73 Å². The number of primary amides is 1. The third kappa shape index (κ3) is 4.49. The minimum absolute atomic E-state index is 0.147. The molecule has 3 aromatic rings. The van der Waals surface area contributed by atoms with Gasteiger partial charge in [0.1, 0.15) is 5.52 Å². The molecule has 2 aromatic heterocycles. The Balaban J connectivity index is 1.53. The number of hydrogen-bond acceptors (Lipinski definition) is 7. The molecule has 2 fully saturated rings. The summed E-state index contributed by atoms with van der Waals surface area (Å²) < 4.78 is 43.5. The molecule has 2 aliphatic rings. The number of aliphatic hydroxyl groups is 1. The number of rotatable bonds is 6. The SMILES string of the molecule is NC(=O)[C@H]1CC[C@@H](n2c(Nc3ccc(F)c(F)c3F)nc3cnc(N[C@@H]4CCC[C@H]4O)nc32)CC1. The Labute approximate surface area is 199 Å². The van der Waals surface area contributed by atoms with Crippen molar-refractivity contribution in [3.63, 3.8) is 0 Å². The quantitative estimate of drug-likeness (QED) is 0.390. The number of nitrogens with one attached hydrogen (secondary N) is 2. The number of fused-ring (bicyclic) bond motifs is 1. The average molecular weight is 490 g/mol. The van der Waals surface area contributed by atoms with Crippen LogP contribution in [0.5, 0.6) is 0 Å². The smallest absolute Gasteiger partial charge is 0.225 e. The highest BCUT2D eigenvalue weighted by atomic mass is 19.2. The van der Waals surface area contributed by atoms with Crippen LogP contribution in [0.1, 0.15) is 51.0 Å². The lowest BCUT2D eigenvalue weighted by Gasteiger charge is -2.29. The van der Waals surface area contributed by atoms with Gasteiger partial charge in [0.2, 0.25) is 17.8 Å². The van der Waals surface area contributed by atoms with Gasteiger partial charge in [0.25, 0.3) is 0 Å². The fourth-order valence-corrected chi connectivity index (χ4v) is 5.03. The van der Waals surface area contributed by atoms with Crippen LogP contribution in [0.4, 0.5) is 30.8 Å². The van der Waals surface area contributed by atoms with Crippen molar-refractivity contribution in [2.75, 3.05) is 10.6 Å². The maximum absolute atomic E-state index is 14.4. The Morgan fingerprint density at radius 2 is 1.83 bits per heavy atom. The molecule has 35 heavy (non-hydrogen) atoms. The van der Waals surface area contributed by atoms with Gasteiger partial charge in [0, 0.05) is 12.0 Å². The molecule has 0 spiro atoms. The maximum atomic E-state index is 14.4. The zero-order valence-corrected chi connectivity index (χ0v) is 18.8. The van der Waals surface area contributed by atoms with Crippen molar-refractivity contribution in [3.05, 3.63) is 35.8 Å². The molecule has 0 unspecified atom stereocenters. The molecule has 5 rings (SSSR count). The van der Waals surface area contributed by atoms with Gasteiger partial charge in [-0.3, -0.25) is 9.36 Å². The first kappa shape index (κ1) is 23.3. The molecule has 0 aliphatic heterocycles. The van der Waals surface area contributed by atoms with Crippen molar-refractivity contribution in [2.45, 2.75) is 63.1 Å². The third-order valence-corrected chi connectivity index (χ3v) is 6.97. The number of halogens is 3. The van der Waals surface area contributed by atoms with Crippen LogP contribution in [0.2, 0.25) is 0 Å². The summed E-state index contributed by atoms with van der Waals surface area (Å²) in [5.41, 5.74) is 6.09. The minimum atomic E-state index is -1.58. The molecule has 2 aliphatic carbocycles. The summed E-state index contributed by atoms with van der Waals surface area (Å²) in [5.74, 6) is -4.28. The molecule has 1 amide bonds. The Morgan fingerprint density at radius 1 is 1.06 bits per heavy atom. The van der Waals surface area contributed by atoms with Crippen LogP contribution >= 0.6 is 0 Å². The number of carbonyl (C=O) groups excluding carboxylic acids is 1. The first-order valence-electron chi connectivity index (χ1n) is 11.7. The molecule has 2 saturated carbocycles. The van der Waals surface area contributed by atoms with Gasteiger partial charge in [-0.05, 0) is 57.1 Å². The Morgan fingerprint density at radius 3 is 2.51 bits per heavy atom. The Kier molecular flexibility index (Phi) is 6.22. The van der Waals surface area contributed by atoms with E-state index in [0.29, 0.717) is 49.2 Å². The summed E-state index contributed by atoms with van der Waals surface area (Å²) in [6.07, 6.45) is 5.77. The van der Waals surface area contributed by atoms with Gasteiger partial charge in [-0.25, -0.2) is 23.1 Å². The van der Waals surface area contributed by atoms with Crippen LogP contribution in [-0.4, -0.2) is 42.7 Å². The molecule has 5 N–H and O–H groups in total. The van der Waals surface area contributed by atoms with E-state index in [1.807, 2.05) is 0 Å². The highest BCUT2D eigenvalue weighted by molar-refractivity contribution is 5.78. The fraction of sp³-hybridized carbons (Fsp3) is 0.478. The normalized spacial score (nSPS) is 24.6.